The number of methoxy groups -OCH3 is 1. The molecule has 0 spiro atoms. The summed E-state index contributed by atoms with van der Waals surface area (Å²) in [7, 11) is 1.66. The second-order valence-electron chi connectivity index (χ2n) is 5.69. The predicted octanol–water partition coefficient (Wildman–Crippen LogP) is 2.91. The minimum atomic E-state index is 0.104. The molecule has 0 aliphatic rings. The summed E-state index contributed by atoms with van der Waals surface area (Å²) in [6, 6.07) is 5.96. The highest BCUT2D eigenvalue weighted by Crippen LogP contribution is 2.31. The van der Waals surface area contributed by atoms with Gasteiger partial charge in [0.05, 0.1) is 24.6 Å². The van der Waals surface area contributed by atoms with Crippen molar-refractivity contribution in [1.82, 2.24) is 15.3 Å². The summed E-state index contributed by atoms with van der Waals surface area (Å²) >= 11 is 0. The van der Waals surface area contributed by atoms with E-state index in [2.05, 4.69) is 21.4 Å². The fraction of sp³-hybridized carbons (Fsp3) is 0.444. The third-order valence-corrected chi connectivity index (χ3v) is 3.31. The van der Waals surface area contributed by atoms with E-state index >= 15 is 0 Å². The van der Waals surface area contributed by atoms with Crippen LogP contribution in [0.25, 0.3) is 0 Å². The molecule has 5 nitrogen and oxygen atoms in total. The minimum absolute atomic E-state index is 0.104. The largest absolute Gasteiger partial charge is 0.493 e. The van der Waals surface area contributed by atoms with E-state index in [4.69, 9.17) is 9.47 Å². The molecular weight excluding hydrogens is 290 g/mol. The van der Waals surface area contributed by atoms with Crippen LogP contribution in [0.1, 0.15) is 30.8 Å². The number of nitrogens with one attached hydrogen (secondary N) is 1. The number of para-hydroxylation sites is 1. The summed E-state index contributed by atoms with van der Waals surface area (Å²) in [4.78, 5) is 8.62. The van der Waals surface area contributed by atoms with E-state index in [-0.39, 0.29) is 6.10 Å². The molecule has 5 heteroatoms. The molecule has 0 saturated heterocycles. The molecule has 124 valence electrons. The summed E-state index contributed by atoms with van der Waals surface area (Å²) < 4.78 is 11.3. The Morgan fingerprint density at radius 2 is 2.04 bits per heavy atom. The van der Waals surface area contributed by atoms with E-state index in [1.54, 1.807) is 13.3 Å². The summed E-state index contributed by atoms with van der Waals surface area (Å²) in [6.07, 6.45) is 4.53. The zero-order valence-electron chi connectivity index (χ0n) is 14.3. The van der Waals surface area contributed by atoms with Crippen molar-refractivity contribution in [1.29, 1.82) is 0 Å². The van der Waals surface area contributed by atoms with Crippen LogP contribution in [0.4, 0.5) is 0 Å². The van der Waals surface area contributed by atoms with E-state index in [9.17, 15) is 0 Å². The molecule has 1 heterocycles. The van der Waals surface area contributed by atoms with Crippen LogP contribution in [0.2, 0.25) is 0 Å². The molecule has 0 atom stereocenters. The second-order valence-corrected chi connectivity index (χ2v) is 5.69. The van der Waals surface area contributed by atoms with Crippen LogP contribution >= 0.6 is 0 Å². The fourth-order valence-electron chi connectivity index (χ4n) is 2.31. The third-order valence-electron chi connectivity index (χ3n) is 3.31. The van der Waals surface area contributed by atoms with Gasteiger partial charge in [0, 0.05) is 37.5 Å². The number of benzene rings is 1. The number of rotatable bonds is 8. The lowest BCUT2D eigenvalue weighted by Gasteiger charge is -2.17. The van der Waals surface area contributed by atoms with Crippen LogP contribution in [0.5, 0.6) is 11.5 Å². The third kappa shape index (κ3) is 5.21. The SMILES string of the molecule is COc1cccc(CNCCc2cncc(C)n2)c1OC(C)C. The van der Waals surface area contributed by atoms with Crippen molar-refractivity contribution < 1.29 is 9.47 Å². The van der Waals surface area contributed by atoms with Gasteiger partial charge in [-0.15, -0.1) is 0 Å². The summed E-state index contributed by atoms with van der Waals surface area (Å²) in [6.45, 7) is 7.53. The number of hydrogen-bond donors (Lipinski definition) is 1. The number of aromatic nitrogens is 2. The first-order valence-corrected chi connectivity index (χ1v) is 7.91. The smallest absolute Gasteiger partial charge is 0.166 e. The highest BCUT2D eigenvalue weighted by Gasteiger charge is 2.11. The maximum Gasteiger partial charge on any atom is 0.166 e. The van der Waals surface area contributed by atoms with Gasteiger partial charge in [-0.25, -0.2) is 0 Å². The van der Waals surface area contributed by atoms with E-state index in [1.807, 2.05) is 39.1 Å². The summed E-state index contributed by atoms with van der Waals surface area (Å²) in [5, 5.41) is 3.43. The molecule has 0 saturated carbocycles. The van der Waals surface area contributed by atoms with Gasteiger partial charge in [0.1, 0.15) is 0 Å². The maximum absolute atomic E-state index is 5.91. The van der Waals surface area contributed by atoms with Crippen molar-refractivity contribution in [3.8, 4) is 11.5 Å². The molecule has 1 aromatic carbocycles. The van der Waals surface area contributed by atoms with Gasteiger partial charge >= 0.3 is 0 Å². The monoisotopic (exact) mass is 315 g/mol. The van der Waals surface area contributed by atoms with Crippen molar-refractivity contribution >= 4 is 0 Å². The van der Waals surface area contributed by atoms with Gasteiger partial charge in [0.15, 0.2) is 11.5 Å². The highest BCUT2D eigenvalue weighted by molar-refractivity contribution is 5.46. The summed E-state index contributed by atoms with van der Waals surface area (Å²) in [5.74, 6) is 1.58. The molecule has 2 aromatic rings. The normalized spacial score (nSPS) is 10.8. The number of ether oxygens (including phenoxy) is 2. The lowest BCUT2D eigenvalue weighted by atomic mass is 10.1. The molecular formula is C18H25N3O2. The lowest BCUT2D eigenvalue weighted by molar-refractivity contribution is 0.227. The topological polar surface area (TPSA) is 56.3 Å². The van der Waals surface area contributed by atoms with E-state index in [1.165, 1.54) is 0 Å². The van der Waals surface area contributed by atoms with Crippen molar-refractivity contribution in [3.63, 3.8) is 0 Å². The van der Waals surface area contributed by atoms with Gasteiger partial charge in [0.25, 0.3) is 0 Å². The zero-order valence-corrected chi connectivity index (χ0v) is 14.3. The Hall–Kier alpha value is -2.14. The van der Waals surface area contributed by atoms with Crippen molar-refractivity contribution in [2.24, 2.45) is 0 Å². The highest BCUT2D eigenvalue weighted by atomic mass is 16.5. The molecule has 0 amide bonds. The maximum atomic E-state index is 5.91. The Morgan fingerprint density at radius 1 is 1.22 bits per heavy atom. The quantitative estimate of drug-likeness (QED) is 0.759. The molecule has 0 radical (unpaired) electrons. The minimum Gasteiger partial charge on any atom is -0.493 e. The molecule has 23 heavy (non-hydrogen) atoms. The van der Waals surface area contributed by atoms with Gasteiger partial charge < -0.3 is 14.8 Å². The van der Waals surface area contributed by atoms with Gasteiger partial charge in [-0.2, -0.15) is 0 Å². The van der Waals surface area contributed by atoms with Crippen molar-refractivity contribution in [2.45, 2.75) is 39.8 Å². The van der Waals surface area contributed by atoms with Gasteiger partial charge in [-0.1, -0.05) is 12.1 Å². The first kappa shape index (κ1) is 17.2. The molecule has 0 aliphatic carbocycles. The molecule has 1 N–H and O–H groups in total. The average Bonchev–Trinajstić information content (AvgIpc) is 2.52. The molecule has 0 aliphatic heterocycles. The fourth-order valence-corrected chi connectivity index (χ4v) is 2.31. The van der Waals surface area contributed by atoms with Crippen LogP contribution in [-0.4, -0.2) is 29.7 Å². The average molecular weight is 315 g/mol. The molecule has 0 fully saturated rings. The van der Waals surface area contributed by atoms with Crippen LogP contribution in [0.3, 0.4) is 0 Å². The molecule has 2 rings (SSSR count). The van der Waals surface area contributed by atoms with Crippen molar-refractivity contribution in [2.75, 3.05) is 13.7 Å². The predicted molar refractivity (Wildman–Crippen MR) is 90.9 cm³/mol. The number of hydrogen-bond acceptors (Lipinski definition) is 5. The Labute approximate surface area is 138 Å². The number of nitrogens with zero attached hydrogens (tertiary/aromatic N) is 2. The van der Waals surface area contributed by atoms with E-state index in [0.717, 1.165) is 48.0 Å². The Bertz CT molecular complexity index is 629. The Morgan fingerprint density at radius 3 is 2.74 bits per heavy atom. The summed E-state index contributed by atoms with van der Waals surface area (Å²) in [5.41, 5.74) is 3.04. The lowest BCUT2D eigenvalue weighted by Crippen LogP contribution is -2.19. The van der Waals surface area contributed by atoms with Crippen LogP contribution in [-0.2, 0) is 13.0 Å². The van der Waals surface area contributed by atoms with Crippen LogP contribution in [0, 0.1) is 6.92 Å². The van der Waals surface area contributed by atoms with Crippen LogP contribution in [0.15, 0.2) is 30.6 Å². The molecule has 0 bridgehead atoms. The first-order valence-electron chi connectivity index (χ1n) is 7.91. The Balaban J connectivity index is 1.94. The molecule has 0 unspecified atom stereocenters. The molecule has 1 aromatic heterocycles. The van der Waals surface area contributed by atoms with Crippen molar-refractivity contribution in [3.05, 3.63) is 47.5 Å². The van der Waals surface area contributed by atoms with Gasteiger partial charge in [-0.3, -0.25) is 9.97 Å². The first-order chi connectivity index (χ1) is 11.1. The van der Waals surface area contributed by atoms with Gasteiger partial charge in [-0.05, 0) is 26.8 Å². The van der Waals surface area contributed by atoms with E-state index in [0.29, 0.717) is 0 Å². The standard InChI is InChI=1S/C18H25N3O2/c1-13(2)23-18-15(6-5-7-17(18)22-4)11-19-9-8-16-12-20-10-14(3)21-16/h5-7,10,12-13,19H,8-9,11H2,1-4H3. The van der Waals surface area contributed by atoms with Crippen LogP contribution < -0.4 is 14.8 Å². The van der Waals surface area contributed by atoms with Gasteiger partial charge in [0.2, 0.25) is 0 Å². The van der Waals surface area contributed by atoms with E-state index < -0.39 is 0 Å². The second kappa shape index (κ2) is 8.48. The zero-order chi connectivity index (χ0) is 16.7. The number of aryl methyl sites for hydroxylation is 1. The Kier molecular flexibility index (Phi) is 6.35.